The topological polar surface area (TPSA) is 81.2 Å². The van der Waals surface area contributed by atoms with Crippen LogP contribution >= 0.6 is 11.6 Å². The molecule has 1 fully saturated rings. The lowest BCUT2D eigenvalue weighted by molar-refractivity contribution is -0.130. The number of piperazine rings is 1. The van der Waals surface area contributed by atoms with E-state index < -0.39 is 0 Å². The van der Waals surface area contributed by atoms with Crippen molar-refractivity contribution in [1.82, 2.24) is 9.88 Å². The van der Waals surface area contributed by atoms with Crippen LogP contribution in [0.3, 0.4) is 0 Å². The molecule has 1 amide bonds. The number of aromatic nitrogens is 1. The van der Waals surface area contributed by atoms with Crippen LogP contribution in [0.25, 0.3) is 0 Å². The molecule has 1 aromatic carbocycles. The van der Waals surface area contributed by atoms with E-state index in [1.54, 1.807) is 25.1 Å². The normalized spacial score (nSPS) is 15.5. The largest absolute Gasteiger partial charge is 0.486 e. The molecule has 0 N–H and O–H groups in total. The second-order valence-electron chi connectivity index (χ2n) is 7.27. The molecule has 0 bridgehead atoms. The van der Waals surface area contributed by atoms with Gasteiger partial charge in [-0.05, 0) is 36.8 Å². The summed E-state index contributed by atoms with van der Waals surface area (Å²) in [7, 11) is 0. The van der Waals surface area contributed by atoms with E-state index in [9.17, 15) is 9.59 Å². The zero-order chi connectivity index (χ0) is 21.8. The molecule has 0 spiro atoms. The van der Waals surface area contributed by atoms with Crippen molar-refractivity contribution in [2.45, 2.75) is 13.3 Å². The molecule has 0 atom stereocenters. The van der Waals surface area contributed by atoms with E-state index in [2.05, 4.69) is 9.88 Å². The highest BCUT2D eigenvalue weighted by Crippen LogP contribution is 2.38. The number of carbonyl (C=O) groups is 2. The number of anilines is 1. The Hall–Kier alpha value is -3.00. The minimum absolute atomic E-state index is 0.0398. The fourth-order valence-corrected chi connectivity index (χ4v) is 3.93. The number of benzene rings is 1. The van der Waals surface area contributed by atoms with Crippen LogP contribution in [0.2, 0.25) is 5.02 Å². The number of fused-ring (bicyclic) bond motifs is 1. The van der Waals surface area contributed by atoms with E-state index in [4.69, 9.17) is 25.8 Å². The van der Waals surface area contributed by atoms with Crippen LogP contribution in [0.1, 0.15) is 22.8 Å². The Labute approximate surface area is 185 Å². The Kier molecular flexibility index (Phi) is 6.46. The number of pyridine rings is 1. The number of hydrogen-bond donors (Lipinski definition) is 0. The highest BCUT2D eigenvalue weighted by Gasteiger charge is 2.24. The molecule has 0 radical (unpaired) electrons. The molecule has 8 nitrogen and oxygen atoms in total. The predicted molar refractivity (Wildman–Crippen MR) is 115 cm³/mol. The number of amides is 1. The van der Waals surface area contributed by atoms with Gasteiger partial charge in [0.1, 0.15) is 19.0 Å². The molecule has 2 aliphatic heterocycles. The molecule has 0 aliphatic carbocycles. The van der Waals surface area contributed by atoms with Crippen molar-refractivity contribution in [2.24, 2.45) is 0 Å². The SMILES string of the molecule is CCOC(=O)c1ccc(N2CCN(C(=O)Cc3cc(Cl)c4c(c3)OCCO4)CC2)nc1. The molecular formula is C22H24ClN3O5. The van der Waals surface area contributed by atoms with Gasteiger partial charge in [-0.15, -0.1) is 0 Å². The minimum Gasteiger partial charge on any atom is -0.486 e. The third-order valence-electron chi connectivity index (χ3n) is 5.23. The van der Waals surface area contributed by atoms with Gasteiger partial charge < -0.3 is 24.0 Å². The number of nitrogens with zero attached hydrogens (tertiary/aromatic N) is 3. The smallest absolute Gasteiger partial charge is 0.339 e. The maximum atomic E-state index is 12.8. The second kappa shape index (κ2) is 9.43. The van der Waals surface area contributed by atoms with Gasteiger partial charge in [-0.1, -0.05) is 11.6 Å². The van der Waals surface area contributed by atoms with E-state index in [1.165, 1.54) is 6.20 Å². The fourth-order valence-electron chi connectivity index (χ4n) is 3.65. The van der Waals surface area contributed by atoms with Crippen LogP contribution < -0.4 is 14.4 Å². The molecule has 9 heteroatoms. The lowest BCUT2D eigenvalue weighted by Gasteiger charge is -2.35. The maximum Gasteiger partial charge on any atom is 0.339 e. The zero-order valence-corrected chi connectivity index (χ0v) is 18.1. The summed E-state index contributed by atoms with van der Waals surface area (Å²) in [6.07, 6.45) is 1.78. The van der Waals surface area contributed by atoms with Gasteiger partial charge in [0, 0.05) is 32.4 Å². The van der Waals surface area contributed by atoms with E-state index >= 15 is 0 Å². The van der Waals surface area contributed by atoms with Crippen LogP contribution in [0.15, 0.2) is 30.5 Å². The van der Waals surface area contributed by atoms with Gasteiger partial charge in [0.15, 0.2) is 11.5 Å². The van der Waals surface area contributed by atoms with Crippen molar-refractivity contribution < 1.29 is 23.8 Å². The molecule has 2 aromatic rings. The molecule has 4 rings (SSSR count). The molecule has 31 heavy (non-hydrogen) atoms. The van der Waals surface area contributed by atoms with Gasteiger partial charge in [-0.3, -0.25) is 4.79 Å². The van der Waals surface area contributed by atoms with Crippen molar-refractivity contribution >= 4 is 29.3 Å². The molecule has 3 heterocycles. The maximum absolute atomic E-state index is 12.8. The summed E-state index contributed by atoms with van der Waals surface area (Å²) in [6, 6.07) is 7.10. The number of halogens is 1. The lowest BCUT2D eigenvalue weighted by atomic mass is 10.1. The first-order valence-corrected chi connectivity index (χ1v) is 10.7. The van der Waals surface area contributed by atoms with Crippen molar-refractivity contribution in [2.75, 3.05) is 50.9 Å². The highest BCUT2D eigenvalue weighted by molar-refractivity contribution is 6.32. The van der Waals surface area contributed by atoms with Crippen LogP contribution in [-0.2, 0) is 16.0 Å². The summed E-state index contributed by atoms with van der Waals surface area (Å²) in [4.78, 5) is 32.9. The first-order valence-electron chi connectivity index (χ1n) is 10.3. The first kappa shape index (κ1) is 21.2. The average Bonchev–Trinajstić information content (AvgIpc) is 2.79. The summed E-state index contributed by atoms with van der Waals surface area (Å²) in [6.45, 7) is 5.56. The fraction of sp³-hybridized carbons (Fsp3) is 0.409. The summed E-state index contributed by atoms with van der Waals surface area (Å²) in [5, 5.41) is 0.460. The van der Waals surface area contributed by atoms with Gasteiger partial charge in [-0.2, -0.15) is 0 Å². The lowest BCUT2D eigenvalue weighted by Crippen LogP contribution is -2.49. The van der Waals surface area contributed by atoms with E-state index in [-0.39, 0.29) is 18.3 Å². The van der Waals surface area contributed by atoms with Crippen LogP contribution in [0.5, 0.6) is 11.5 Å². The number of esters is 1. The summed E-state index contributed by atoms with van der Waals surface area (Å²) in [5.41, 5.74) is 1.23. The van der Waals surface area contributed by atoms with E-state index in [1.807, 2.05) is 11.0 Å². The third kappa shape index (κ3) is 4.85. The summed E-state index contributed by atoms with van der Waals surface area (Å²) >= 11 is 6.28. The monoisotopic (exact) mass is 445 g/mol. The Balaban J connectivity index is 1.33. The number of hydrogen-bond acceptors (Lipinski definition) is 7. The molecule has 2 aliphatic rings. The first-order chi connectivity index (χ1) is 15.0. The summed E-state index contributed by atoms with van der Waals surface area (Å²) in [5.74, 6) is 1.57. The van der Waals surface area contributed by atoms with Gasteiger partial charge in [0.05, 0.1) is 23.6 Å². The van der Waals surface area contributed by atoms with Crippen LogP contribution in [0, 0.1) is 0 Å². The van der Waals surface area contributed by atoms with Crippen molar-refractivity contribution in [3.63, 3.8) is 0 Å². The molecule has 0 unspecified atom stereocenters. The zero-order valence-electron chi connectivity index (χ0n) is 17.3. The molecule has 164 valence electrons. The molecule has 1 aromatic heterocycles. The van der Waals surface area contributed by atoms with Gasteiger partial charge in [0.25, 0.3) is 0 Å². The van der Waals surface area contributed by atoms with Crippen LogP contribution in [0.4, 0.5) is 5.82 Å². The Morgan fingerprint density at radius 1 is 1.13 bits per heavy atom. The van der Waals surface area contributed by atoms with Crippen molar-refractivity contribution in [3.8, 4) is 11.5 Å². The number of rotatable bonds is 5. The Bertz CT molecular complexity index is 958. The third-order valence-corrected chi connectivity index (χ3v) is 5.51. The molecular weight excluding hydrogens is 422 g/mol. The van der Waals surface area contributed by atoms with Gasteiger partial charge in [0.2, 0.25) is 5.91 Å². The second-order valence-corrected chi connectivity index (χ2v) is 7.68. The number of carbonyl (C=O) groups excluding carboxylic acids is 2. The quantitative estimate of drug-likeness (QED) is 0.654. The molecule has 0 saturated carbocycles. The van der Waals surface area contributed by atoms with Gasteiger partial charge >= 0.3 is 5.97 Å². The standard InChI is InChI=1S/C22H24ClN3O5/c1-2-29-22(28)16-3-4-19(24-14-16)25-5-7-26(8-6-25)20(27)13-15-11-17(23)21-18(12-15)30-9-10-31-21/h3-4,11-12,14H,2,5-10,13H2,1H3. The van der Waals surface area contributed by atoms with Crippen LogP contribution in [-0.4, -0.2) is 67.8 Å². The van der Waals surface area contributed by atoms with E-state index in [0.717, 1.165) is 11.4 Å². The minimum atomic E-state index is -0.379. The highest BCUT2D eigenvalue weighted by atomic mass is 35.5. The predicted octanol–water partition coefficient (Wildman–Crippen LogP) is 2.57. The Morgan fingerprint density at radius 2 is 1.90 bits per heavy atom. The van der Waals surface area contributed by atoms with Gasteiger partial charge in [-0.25, -0.2) is 9.78 Å². The van der Waals surface area contributed by atoms with E-state index in [0.29, 0.717) is 68.1 Å². The van der Waals surface area contributed by atoms with Crippen molar-refractivity contribution in [3.05, 3.63) is 46.6 Å². The molecule has 1 saturated heterocycles. The summed E-state index contributed by atoms with van der Waals surface area (Å²) < 4.78 is 16.1. The number of ether oxygens (including phenoxy) is 3. The Morgan fingerprint density at radius 3 is 2.61 bits per heavy atom. The average molecular weight is 446 g/mol. The van der Waals surface area contributed by atoms with Crippen molar-refractivity contribution in [1.29, 1.82) is 0 Å².